The summed E-state index contributed by atoms with van der Waals surface area (Å²) < 4.78 is 38.9. The van der Waals surface area contributed by atoms with E-state index in [2.05, 4.69) is 14.1 Å². The number of ether oxygens (including phenoxy) is 1. The molecule has 1 aliphatic rings. The molecule has 0 bridgehead atoms. The number of nitrogens with one attached hydrogen (secondary N) is 1. The molecule has 0 radical (unpaired) electrons. The van der Waals surface area contributed by atoms with Gasteiger partial charge in [0.15, 0.2) is 5.22 Å². The Kier molecular flexibility index (Phi) is 4.03. The Morgan fingerprint density at radius 1 is 1.43 bits per heavy atom. The molecule has 7 nitrogen and oxygen atoms in total. The van der Waals surface area contributed by atoms with E-state index < -0.39 is 16.3 Å². The first-order valence-electron chi connectivity index (χ1n) is 6.12. The first-order chi connectivity index (χ1) is 9.62. The number of hydrogen-bond donors (Lipinski definition) is 1. The summed E-state index contributed by atoms with van der Waals surface area (Å²) >= 11 is 5.80. The van der Waals surface area contributed by atoms with Crippen molar-refractivity contribution in [2.24, 2.45) is 14.8 Å². The van der Waals surface area contributed by atoms with Crippen molar-refractivity contribution >= 4 is 33.5 Å². The first-order valence-corrected chi connectivity index (χ1v) is 7.94. The lowest BCUT2D eigenvalue weighted by Crippen LogP contribution is -2.30. The highest BCUT2D eigenvalue weighted by Crippen LogP contribution is 2.38. The maximum absolute atomic E-state index is 11.5. The number of furan rings is 1. The van der Waals surface area contributed by atoms with Gasteiger partial charge in [0.1, 0.15) is 11.8 Å². The summed E-state index contributed by atoms with van der Waals surface area (Å²) in [5, 5.41) is 0.243. The average molecular weight is 334 g/mol. The van der Waals surface area contributed by atoms with Crippen molar-refractivity contribution < 1.29 is 17.6 Å². The fraction of sp³-hybridized carbons (Fsp3) is 0.500. The van der Waals surface area contributed by atoms with Gasteiger partial charge in [-0.2, -0.15) is 8.42 Å². The third-order valence-electron chi connectivity index (χ3n) is 2.77. The van der Waals surface area contributed by atoms with Crippen LogP contribution in [-0.2, 0) is 14.9 Å². The maximum atomic E-state index is 11.5. The van der Waals surface area contributed by atoms with Crippen LogP contribution in [0.5, 0.6) is 0 Å². The van der Waals surface area contributed by atoms with Gasteiger partial charge in [0.05, 0.1) is 7.11 Å². The Balaban J connectivity index is 2.45. The molecule has 0 saturated carbocycles. The van der Waals surface area contributed by atoms with Gasteiger partial charge in [0.2, 0.25) is 5.84 Å². The molecule has 1 aliphatic heterocycles. The van der Waals surface area contributed by atoms with Gasteiger partial charge in [0, 0.05) is 0 Å². The minimum absolute atomic E-state index is 0.0462. The van der Waals surface area contributed by atoms with Crippen LogP contribution in [0.25, 0.3) is 0 Å². The number of aliphatic imine (C=N–C) groups is 1. The van der Waals surface area contributed by atoms with Gasteiger partial charge in [-0.1, -0.05) is 20.8 Å². The minimum atomic E-state index is -3.80. The molecule has 1 aromatic rings. The van der Waals surface area contributed by atoms with Crippen molar-refractivity contribution in [1.29, 1.82) is 0 Å². The van der Waals surface area contributed by atoms with Crippen molar-refractivity contribution in [3.8, 4) is 0 Å². The second-order valence-electron chi connectivity index (χ2n) is 5.57. The molecule has 1 aromatic heterocycles. The highest BCUT2D eigenvalue weighted by Gasteiger charge is 2.33. The molecular formula is C12H16ClN3O4S. The minimum Gasteiger partial charge on any atom is -0.478 e. The molecule has 0 fully saturated rings. The molecule has 2 heterocycles. The summed E-state index contributed by atoms with van der Waals surface area (Å²) in [4.78, 5) is 4.40. The molecule has 116 valence electrons. The lowest BCUT2D eigenvalue weighted by molar-refractivity contribution is 0.287. The lowest BCUT2D eigenvalue weighted by Gasteiger charge is -2.25. The molecule has 1 unspecified atom stereocenters. The summed E-state index contributed by atoms with van der Waals surface area (Å²) in [6, 6.07) is 2.86. The van der Waals surface area contributed by atoms with Crippen molar-refractivity contribution in [1.82, 2.24) is 4.72 Å². The van der Waals surface area contributed by atoms with Crippen LogP contribution in [-0.4, -0.2) is 27.3 Å². The smallest absolute Gasteiger partial charge is 0.347 e. The van der Waals surface area contributed by atoms with Gasteiger partial charge in [0.25, 0.3) is 5.90 Å². The molecule has 21 heavy (non-hydrogen) atoms. The second-order valence-corrected chi connectivity index (χ2v) is 7.28. The zero-order valence-electron chi connectivity index (χ0n) is 12.0. The quantitative estimate of drug-likeness (QED) is 0.898. The van der Waals surface area contributed by atoms with E-state index >= 15 is 0 Å². The van der Waals surface area contributed by atoms with E-state index in [-0.39, 0.29) is 22.4 Å². The average Bonchev–Trinajstić information content (AvgIpc) is 2.87. The predicted molar refractivity (Wildman–Crippen MR) is 79.8 cm³/mol. The number of nitrogens with zero attached hydrogens (tertiary/aromatic N) is 2. The third kappa shape index (κ3) is 3.56. The normalized spacial score (nSPS) is 21.0. The third-order valence-corrected chi connectivity index (χ3v) is 3.83. The molecule has 0 spiro atoms. The largest absolute Gasteiger partial charge is 0.478 e. The lowest BCUT2D eigenvalue weighted by atomic mass is 9.85. The molecule has 9 heteroatoms. The molecule has 2 rings (SSSR count). The van der Waals surface area contributed by atoms with Crippen molar-refractivity contribution in [2.45, 2.75) is 26.8 Å². The van der Waals surface area contributed by atoms with Crippen LogP contribution >= 0.6 is 11.6 Å². The monoisotopic (exact) mass is 333 g/mol. The number of methoxy groups -OCH3 is 1. The summed E-state index contributed by atoms with van der Waals surface area (Å²) in [6.45, 7) is 5.85. The zero-order valence-corrected chi connectivity index (χ0v) is 13.6. The summed E-state index contributed by atoms with van der Waals surface area (Å²) in [7, 11) is -2.47. The molecule has 0 aromatic carbocycles. The summed E-state index contributed by atoms with van der Waals surface area (Å²) in [5.41, 5.74) is -0.332. The Bertz CT molecular complexity index is 700. The van der Waals surface area contributed by atoms with Crippen molar-refractivity contribution in [3.63, 3.8) is 0 Å². The highest BCUT2D eigenvalue weighted by atomic mass is 35.5. The van der Waals surface area contributed by atoms with E-state index in [9.17, 15) is 8.42 Å². The molecule has 1 atom stereocenters. The number of amidine groups is 1. The fourth-order valence-corrected chi connectivity index (χ4v) is 2.81. The number of rotatable bonds is 2. The Morgan fingerprint density at radius 3 is 2.57 bits per heavy atom. The molecule has 0 aliphatic carbocycles. The van der Waals surface area contributed by atoms with Gasteiger partial charge < -0.3 is 9.15 Å². The van der Waals surface area contributed by atoms with Crippen LogP contribution in [0.1, 0.15) is 32.6 Å². The van der Waals surface area contributed by atoms with Crippen molar-refractivity contribution in [2.75, 3.05) is 7.11 Å². The standard InChI is InChI=1S/C12H16ClN3O4S/c1-12(2,3)9(7-5-6-8(13)20-7)14-10-11(19-4)16-21(17,18)15-10/h5-6,9H,1-4H3,(H,14,15). The fourth-order valence-electron chi connectivity index (χ4n) is 1.84. The Labute approximate surface area is 128 Å². The van der Waals surface area contributed by atoms with E-state index in [0.717, 1.165) is 0 Å². The molecule has 1 N–H and O–H groups in total. The van der Waals surface area contributed by atoms with E-state index in [0.29, 0.717) is 5.76 Å². The van der Waals surface area contributed by atoms with Crippen LogP contribution < -0.4 is 4.72 Å². The van der Waals surface area contributed by atoms with Gasteiger partial charge >= 0.3 is 10.2 Å². The highest BCUT2D eigenvalue weighted by molar-refractivity contribution is 7.89. The second kappa shape index (κ2) is 5.34. The summed E-state index contributed by atoms with van der Waals surface area (Å²) in [6.07, 6.45) is 0. The van der Waals surface area contributed by atoms with E-state index in [4.69, 9.17) is 20.8 Å². The molecular weight excluding hydrogens is 318 g/mol. The van der Waals surface area contributed by atoms with Gasteiger partial charge in [-0.3, -0.25) is 4.99 Å². The van der Waals surface area contributed by atoms with Crippen LogP contribution in [0.15, 0.2) is 25.9 Å². The van der Waals surface area contributed by atoms with Crippen LogP contribution in [0.2, 0.25) is 5.22 Å². The van der Waals surface area contributed by atoms with E-state index in [1.165, 1.54) is 7.11 Å². The Morgan fingerprint density at radius 2 is 2.10 bits per heavy atom. The van der Waals surface area contributed by atoms with Gasteiger partial charge in [-0.15, -0.1) is 4.40 Å². The van der Waals surface area contributed by atoms with E-state index in [1.807, 2.05) is 20.8 Å². The van der Waals surface area contributed by atoms with Gasteiger partial charge in [-0.25, -0.2) is 4.72 Å². The predicted octanol–water partition coefficient (Wildman–Crippen LogP) is 2.31. The SMILES string of the molecule is COC1=NS(=O)(=O)NC1=NC(c1ccc(Cl)o1)C(C)(C)C. The van der Waals surface area contributed by atoms with E-state index in [1.54, 1.807) is 12.1 Å². The summed E-state index contributed by atoms with van der Waals surface area (Å²) in [5.74, 6) is 0.494. The molecule has 0 amide bonds. The number of halogens is 1. The van der Waals surface area contributed by atoms with Crippen LogP contribution in [0.3, 0.4) is 0 Å². The molecule has 0 saturated heterocycles. The van der Waals surface area contributed by atoms with Gasteiger partial charge in [-0.05, 0) is 29.1 Å². The Hall–Kier alpha value is -1.54. The van der Waals surface area contributed by atoms with Crippen LogP contribution in [0.4, 0.5) is 0 Å². The topological polar surface area (TPSA) is 93.3 Å². The number of hydrogen-bond acceptors (Lipinski definition) is 5. The maximum Gasteiger partial charge on any atom is 0.347 e. The van der Waals surface area contributed by atoms with Crippen molar-refractivity contribution in [3.05, 3.63) is 23.1 Å². The first kappa shape index (κ1) is 15.8. The zero-order chi connectivity index (χ0) is 15.8. The van der Waals surface area contributed by atoms with Crippen LogP contribution in [0, 0.1) is 5.41 Å².